The quantitative estimate of drug-likeness (QED) is 0.431. The molecule has 2 heterocycles. The smallest absolute Gasteiger partial charge is 0.335 e. The first kappa shape index (κ1) is 22.1. The molecule has 3 aromatic rings. The van der Waals surface area contributed by atoms with E-state index in [4.69, 9.17) is 9.47 Å². The normalized spacial score (nSPS) is 25.7. The minimum atomic E-state index is -1.81. The third kappa shape index (κ3) is 3.90. The zero-order valence-electron chi connectivity index (χ0n) is 17.0. The van der Waals surface area contributed by atoms with Crippen molar-refractivity contribution in [2.45, 2.75) is 44.2 Å². The van der Waals surface area contributed by atoms with Crippen LogP contribution in [0.5, 0.6) is 0 Å². The number of para-hydroxylation sites is 2. The number of hydrogen-bond acceptors (Lipinski definition) is 8. The van der Waals surface area contributed by atoms with Gasteiger partial charge in [-0.25, -0.2) is 9.78 Å². The Hall–Kier alpha value is -3.15. The molecule has 10 nitrogen and oxygen atoms in total. The maximum absolute atomic E-state index is 13.1. The second-order valence-electron chi connectivity index (χ2n) is 7.49. The molecule has 4 rings (SSSR count). The van der Waals surface area contributed by atoms with Crippen LogP contribution in [0.1, 0.15) is 11.4 Å². The molecule has 32 heavy (non-hydrogen) atoms. The number of aliphatic hydroxyl groups excluding tert-OH is 3. The fourth-order valence-electron chi connectivity index (χ4n) is 3.74. The van der Waals surface area contributed by atoms with Crippen LogP contribution in [0.2, 0.25) is 0 Å². The second kappa shape index (κ2) is 8.77. The fraction of sp³-hybridized carbons (Fsp3) is 0.318. The Balaban J connectivity index is 1.65. The van der Waals surface area contributed by atoms with Crippen molar-refractivity contribution in [1.29, 1.82) is 0 Å². The summed E-state index contributed by atoms with van der Waals surface area (Å²) in [6.45, 7) is 1.53. The van der Waals surface area contributed by atoms with Crippen LogP contribution in [0, 0.1) is 6.92 Å². The van der Waals surface area contributed by atoms with Crippen molar-refractivity contribution in [2.75, 3.05) is 0 Å². The number of hydrogen-bond donors (Lipinski definition) is 4. The number of carbonyl (C=O) groups is 1. The van der Waals surface area contributed by atoms with Crippen LogP contribution < -0.4 is 5.56 Å². The van der Waals surface area contributed by atoms with E-state index in [1.807, 2.05) is 0 Å². The zero-order chi connectivity index (χ0) is 23.0. The second-order valence-corrected chi connectivity index (χ2v) is 7.49. The molecule has 0 bridgehead atoms. The van der Waals surface area contributed by atoms with E-state index < -0.39 is 36.7 Å². The molecule has 168 valence electrons. The average Bonchev–Trinajstić information content (AvgIpc) is 2.77. The average molecular weight is 442 g/mol. The van der Waals surface area contributed by atoms with Crippen molar-refractivity contribution in [3.05, 3.63) is 70.3 Å². The summed E-state index contributed by atoms with van der Waals surface area (Å²) < 4.78 is 12.2. The molecule has 0 amide bonds. The standard InChI is InChI=1S/C22H22N2O8/c1-11-23-14-8-4-3-7-13(14)20(28)24(11)15-9-5-2-6-12(15)10-31-22-18(27)16(25)17(26)19(32-22)21(29)30/h2-9,16-19,22,25-27H,10H2,1H3,(H,29,30)/t16-,17-,18+,19-,22+/m0/s1. The molecule has 0 radical (unpaired) electrons. The van der Waals surface area contributed by atoms with Crippen LogP contribution in [0.4, 0.5) is 0 Å². The highest BCUT2D eigenvalue weighted by atomic mass is 16.7. The van der Waals surface area contributed by atoms with Gasteiger partial charge in [-0.15, -0.1) is 0 Å². The summed E-state index contributed by atoms with van der Waals surface area (Å²) in [6, 6.07) is 13.9. The van der Waals surface area contributed by atoms with E-state index in [1.54, 1.807) is 55.5 Å². The fourth-order valence-corrected chi connectivity index (χ4v) is 3.74. The monoisotopic (exact) mass is 442 g/mol. The molecular weight excluding hydrogens is 420 g/mol. The van der Waals surface area contributed by atoms with E-state index in [-0.39, 0.29) is 12.2 Å². The van der Waals surface area contributed by atoms with Crippen molar-refractivity contribution >= 4 is 16.9 Å². The van der Waals surface area contributed by atoms with Crippen LogP contribution in [0.25, 0.3) is 16.6 Å². The van der Waals surface area contributed by atoms with Gasteiger partial charge in [0.2, 0.25) is 0 Å². The van der Waals surface area contributed by atoms with Gasteiger partial charge in [-0.2, -0.15) is 0 Å². The SMILES string of the molecule is Cc1nc2ccccc2c(=O)n1-c1ccccc1CO[C@@H]1O[C@H](C(=O)O)[C@@H](O)[C@H](O)[C@H]1O. The topological polar surface area (TPSA) is 151 Å². The molecule has 0 saturated carbocycles. The first-order valence-electron chi connectivity index (χ1n) is 9.90. The first-order chi connectivity index (χ1) is 15.3. The molecule has 0 aliphatic carbocycles. The highest BCUT2D eigenvalue weighted by molar-refractivity contribution is 5.77. The van der Waals surface area contributed by atoms with Gasteiger partial charge >= 0.3 is 5.97 Å². The Labute approximate surface area is 181 Å². The molecule has 5 atom stereocenters. The Bertz CT molecular complexity index is 1210. The van der Waals surface area contributed by atoms with Gasteiger partial charge in [0.25, 0.3) is 5.56 Å². The number of aromatic nitrogens is 2. The van der Waals surface area contributed by atoms with Gasteiger partial charge in [0.05, 0.1) is 23.2 Å². The lowest BCUT2D eigenvalue weighted by Crippen LogP contribution is -2.60. The number of fused-ring (bicyclic) bond motifs is 1. The summed E-state index contributed by atoms with van der Waals surface area (Å²) in [6.07, 6.45) is -8.50. The van der Waals surface area contributed by atoms with Gasteiger partial charge in [-0.05, 0) is 25.1 Å². The number of nitrogens with zero attached hydrogens (tertiary/aromatic N) is 2. The summed E-state index contributed by atoms with van der Waals surface area (Å²) >= 11 is 0. The van der Waals surface area contributed by atoms with Gasteiger partial charge in [-0.3, -0.25) is 9.36 Å². The van der Waals surface area contributed by atoms with E-state index in [0.29, 0.717) is 28.0 Å². The molecule has 1 aliphatic heterocycles. The summed E-state index contributed by atoms with van der Waals surface area (Å²) in [4.78, 5) is 28.9. The predicted molar refractivity (Wildman–Crippen MR) is 111 cm³/mol. The van der Waals surface area contributed by atoms with Crippen molar-refractivity contribution in [1.82, 2.24) is 9.55 Å². The summed E-state index contributed by atoms with van der Waals surface area (Å²) in [5.41, 5.74) is 1.34. The van der Waals surface area contributed by atoms with E-state index in [1.165, 1.54) is 4.57 Å². The van der Waals surface area contributed by atoms with Crippen molar-refractivity contribution in [2.24, 2.45) is 0 Å². The van der Waals surface area contributed by atoms with Gasteiger partial charge < -0.3 is 29.9 Å². The Kier molecular flexibility index (Phi) is 6.04. The number of aliphatic carboxylic acids is 1. The lowest BCUT2D eigenvalue weighted by Gasteiger charge is -2.38. The minimum Gasteiger partial charge on any atom is -0.479 e. The molecular formula is C22H22N2O8. The van der Waals surface area contributed by atoms with Crippen molar-refractivity contribution in [3.8, 4) is 5.69 Å². The molecule has 4 N–H and O–H groups in total. The van der Waals surface area contributed by atoms with Crippen LogP contribution >= 0.6 is 0 Å². The van der Waals surface area contributed by atoms with Crippen LogP contribution in [-0.4, -0.2) is 66.7 Å². The molecule has 0 spiro atoms. The van der Waals surface area contributed by atoms with Gasteiger partial charge in [-0.1, -0.05) is 30.3 Å². The molecule has 1 aromatic heterocycles. The van der Waals surface area contributed by atoms with E-state index in [9.17, 15) is 30.0 Å². The van der Waals surface area contributed by atoms with Crippen molar-refractivity contribution in [3.63, 3.8) is 0 Å². The third-order valence-electron chi connectivity index (χ3n) is 5.39. The van der Waals surface area contributed by atoms with E-state index in [0.717, 1.165) is 0 Å². The van der Waals surface area contributed by atoms with Crippen LogP contribution in [0.15, 0.2) is 53.3 Å². The zero-order valence-corrected chi connectivity index (χ0v) is 17.0. The minimum absolute atomic E-state index is 0.175. The maximum Gasteiger partial charge on any atom is 0.335 e. The van der Waals surface area contributed by atoms with Crippen molar-refractivity contribution < 1.29 is 34.7 Å². The summed E-state index contributed by atoms with van der Waals surface area (Å²) in [7, 11) is 0. The van der Waals surface area contributed by atoms with E-state index >= 15 is 0 Å². The summed E-state index contributed by atoms with van der Waals surface area (Å²) in [5, 5.41) is 39.6. The highest BCUT2D eigenvalue weighted by Gasteiger charge is 2.47. The number of aliphatic hydroxyl groups is 3. The van der Waals surface area contributed by atoms with Gasteiger partial charge in [0.15, 0.2) is 12.4 Å². The molecule has 1 fully saturated rings. The number of rotatable bonds is 5. The lowest BCUT2D eigenvalue weighted by atomic mass is 9.99. The number of carboxylic acid groups (broad SMARTS) is 1. The molecule has 10 heteroatoms. The Morgan fingerprint density at radius 3 is 2.50 bits per heavy atom. The van der Waals surface area contributed by atoms with Gasteiger partial charge in [0, 0.05) is 5.56 Å². The number of carboxylic acids is 1. The largest absolute Gasteiger partial charge is 0.479 e. The highest BCUT2D eigenvalue weighted by Crippen LogP contribution is 2.24. The molecule has 2 aromatic carbocycles. The van der Waals surface area contributed by atoms with Gasteiger partial charge in [0.1, 0.15) is 24.1 Å². The van der Waals surface area contributed by atoms with E-state index in [2.05, 4.69) is 4.98 Å². The lowest BCUT2D eigenvalue weighted by molar-refractivity contribution is -0.297. The maximum atomic E-state index is 13.1. The van der Waals surface area contributed by atoms with Crippen LogP contribution in [0.3, 0.4) is 0 Å². The predicted octanol–water partition coefficient (Wildman–Crippen LogP) is 0.103. The molecule has 0 unspecified atom stereocenters. The number of aryl methyl sites for hydroxylation is 1. The first-order valence-corrected chi connectivity index (χ1v) is 9.90. The van der Waals surface area contributed by atoms with Crippen LogP contribution in [-0.2, 0) is 20.9 Å². The molecule has 1 saturated heterocycles. The third-order valence-corrected chi connectivity index (χ3v) is 5.39. The summed E-state index contributed by atoms with van der Waals surface area (Å²) in [5.74, 6) is -1.04. The number of ether oxygens (including phenoxy) is 2. The Morgan fingerprint density at radius 2 is 1.75 bits per heavy atom. The molecule has 1 aliphatic rings. The Morgan fingerprint density at radius 1 is 1.06 bits per heavy atom. The number of benzene rings is 2.